The first-order chi connectivity index (χ1) is 8.13. The summed E-state index contributed by atoms with van der Waals surface area (Å²) < 4.78 is 0. The second kappa shape index (κ2) is 4.78. The largest absolute Gasteiger partial charge is 0.382 e. The van der Waals surface area contributed by atoms with Gasteiger partial charge in [0.25, 0.3) is 5.91 Å². The van der Waals surface area contributed by atoms with E-state index >= 15 is 0 Å². The summed E-state index contributed by atoms with van der Waals surface area (Å²) >= 11 is 0. The molecule has 1 atom stereocenters. The molecule has 0 spiro atoms. The Bertz CT molecular complexity index is 426. The van der Waals surface area contributed by atoms with Crippen molar-refractivity contribution >= 4 is 11.6 Å². The summed E-state index contributed by atoms with van der Waals surface area (Å²) in [6.45, 7) is 7.17. The average Bonchev–Trinajstić information content (AvgIpc) is 2.49. The van der Waals surface area contributed by atoms with Crippen molar-refractivity contribution in [3.63, 3.8) is 0 Å². The van der Waals surface area contributed by atoms with E-state index in [4.69, 9.17) is 0 Å². The number of benzene rings is 1. The molecule has 0 radical (unpaired) electrons. The van der Waals surface area contributed by atoms with Crippen LogP contribution in [0.25, 0.3) is 0 Å². The van der Waals surface area contributed by atoms with Gasteiger partial charge in [0.15, 0.2) is 0 Å². The highest BCUT2D eigenvalue weighted by atomic mass is 16.1. The maximum Gasteiger partial charge on any atom is 0.253 e. The molecule has 1 unspecified atom stereocenters. The Morgan fingerprint density at radius 1 is 1.41 bits per heavy atom. The van der Waals surface area contributed by atoms with E-state index in [2.05, 4.69) is 37.5 Å². The molecule has 1 aliphatic heterocycles. The highest BCUT2D eigenvalue weighted by Crippen LogP contribution is 2.24. The summed E-state index contributed by atoms with van der Waals surface area (Å²) in [4.78, 5) is 12.1. The first kappa shape index (κ1) is 12.0. The molecule has 1 aliphatic rings. The van der Waals surface area contributed by atoms with Crippen LogP contribution in [0, 0.1) is 5.92 Å². The van der Waals surface area contributed by atoms with E-state index in [0.29, 0.717) is 5.92 Å². The first-order valence-corrected chi connectivity index (χ1v) is 6.30. The molecule has 1 aromatic carbocycles. The lowest BCUT2D eigenvalue weighted by Gasteiger charge is -2.19. The molecular formula is C14H20N2O. The molecule has 0 saturated heterocycles. The molecule has 0 aliphatic carbocycles. The molecule has 3 heteroatoms. The summed E-state index contributed by atoms with van der Waals surface area (Å²) in [6, 6.07) is 6.11. The number of hydrogen-bond donors (Lipinski definition) is 2. The van der Waals surface area contributed by atoms with Crippen LogP contribution in [-0.2, 0) is 6.42 Å². The molecule has 1 heterocycles. The summed E-state index contributed by atoms with van der Waals surface area (Å²) in [5, 5.41) is 6.51. The molecule has 1 amide bonds. The predicted octanol–water partition coefficient (Wildman–Crippen LogP) is 2.43. The van der Waals surface area contributed by atoms with Gasteiger partial charge in [0.1, 0.15) is 0 Å². The number of carbonyl (C=O) groups excluding carboxylic acids is 1. The summed E-state index contributed by atoms with van der Waals surface area (Å²) in [5.74, 6) is 0.477. The van der Waals surface area contributed by atoms with Crippen LogP contribution in [-0.4, -0.2) is 18.5 Å². The van der Waals surface area contributed by atoms with Gasteiger partial charge in [-0.1, -0.05) is 32.9 Å². The van der Waals surface area contributed by atoms with E-state index in [0.717, 1.165) is 24.2 Å². The minimum Gasteiger partial charge on any atom is -0.382 e. The monoisotopic (exact) mass is 232 g/mol. The van der Waals surface area contributed by atoms with Gasteiger partial charge in [-0.15, -0.1) is 0 Å². The van der Waals surface area contributed by atoms with Crippen molar-refractivity contribution in [2.75, 3.05) is 11.9 Å². The SMILES string of the molecule is CCc1cccc2c1NCC(C(C)C)NC2=O. The quantitative estimate of drug-likeness (QED) is 0.822. The van der Waals surface area contributed by atoms with Crippen LogP contribution in [0.2, 0.25) is 0 Å². The van der Waals surface area contributed by atoms with Gasteiger partial charge in [0.2, 0.25) is 0 Å². The molecule has 17 heavy (non-hydrogen) atoms. The molecule has 0 saturated carbocycles. The van der Waals surface area contributed by atoms with Gasteiger partial charge >= 0.3 is 0 Å². The fourth-order valence-corrected chi connectivity index (χ4v) is 2.20. The van der Waals surface area contributed by atoms with Crippen LogP contribution in [0.1, 0.15) is 36.7 Å². The molecular weight excluding hydrogens is 212 g/mol. The van der Waals surface area contributed by atoms with Gasteiger partial charge in [0.05, 0.1) is 11.3 Å². The second-order valence-corrected chi connectivity index (χ2v) is 4.90. The second-order valence-electron chi connectivity index (χ2n) is 4.90. The van der Waals surface area contributed by atoms with Gasteiger partial charge in [0, 0.05) is 12.6 Å². The smallest absolute Gasteiger partial charge is 0.253 e. The maximum atomic E-state index is 12.1. The number of anilines is 1. The Morgan fingerprint density at radius 2 is 2.18 bits per heavy atom. The van der Waals surface area contributed by atoms with Crippen LogP contribution in [0.15, 0.2) is 18.2 Å². The standard InChI is InChI=1S/C14H20N2O/c1-4-10-6-5-7-11-13(10)15-8-12(9(2)3)16-14(11)17/h5-7,9,12,15H,4,8H2,1-3H3,(H,16,17). The van der Waals surface area contributed by atoms with Crippen molar-refractivity contribution < 1.29 is 4.79 Å². The Kier molecular flexibility index (Phi) is 3.36. The van der Waals surface area contributed by atoms with E-state index in [-0.39, 0.29) is 11.9 Å². The van der Waals surface area contributed by atoms with Crippen molar-refractivity contribution in [2.45, 2.75) is 33.2 Å². The fraction of sp³-hybridized carbons (Fsp3) is 0.500. The third-order valence-corrected chi connectivity index (χ3v) is 3.40. The minimum atomic E-state index is 0.0407. The van der Waals surface area contributed by atoms with Crippen LogP contribution in [0.5, 0.6) is 0 Å². The number of carbonyl (C=O) groups is 1. The number of nitrogens with one attached hydrogen (secondary N) is 2. The highest BCUT2D eigenvalue weighted by molar-refractivity contribution is 6.01. The number of para-hydroxylation sites is 1. The van der Waals surface area contributed by atoms with Gasteiger partial charge in [-0.2, -0.15) is 0 Å². The average molecular weight is 232 g/mol. The molecule has 0 bridgehead atoms. The van der Waals surface area contributed by atoms with Crippen LogP contribution in [0.4, 0.5) is 5.69 Å². The Morgan fingerprint density at radius 3 is 2.82 bits per heavy atom. The normalized spacial score (nSPS) is 19.3. The topological polar surface area (TPSA) is 41.1 Å². The molecule has 2 N–H and O–H groups in total. The van der Waals surface area contributed by atoms with E-state index in [9.17, 15) is 4.79 Å². The third-order valence-electron chi connectivity index (χ3n) is 3.40. The summed E-state index contributed by atoms with van der Waals surface area (Å²) in [7, 11) is 0. The number of amides is 1. The lowest BCUT2D eigenvalue weighted by Crippen LogP contribution is -2.40. The lowest BCUT2D eigenvalue weighted by molar-refractivity contribution is 0.0933. The Hall–Kier alpha value is -1.51. The number of aryl methyl sites for hydroxylation is 1. The van der Waals surface area contributed by atoms with E-state index < -0.39 is 0 Å². The Labute approximate surface area is 103 Å². The molecule has 0 aromatic heterocycles. The van der Waals surface area contributed by atoms with E-state index in [1.807, 2.05) is 12.1 Å². The van der Waals surface area contributed by atoms with Crippen molar-refractivity contribution in [2.24, 2.45) is 5.92 Å². The lowest BCUT2D eigenvalue weighted by atomic mass is 10.0. The van der Waals surface area contributed by atoms with Crippen LogP contribution >= 0.6 is 0 Å². The van der Waals surface area contributed by atoms with Crippen molar-refractivity contribution in [1.82, 2.24) is 5.32 Å². The van der Waals surface area contributed by atoms with Crippen molar-refractivity contribution in [3.8, 4) is 0 Å². The zero-order valence-electron chi connectivity index (χ0n) is 10.7. The summed E-state index contributed by atoms with van der Waals surface area (Å²) in [6.07, 6.45) is 0.940. The molecule has 2 rings (SSSR count). The molecule has 3 nitrogen and oxygen atoms in total. The number of rotatable bonds is 2. The van der Waals surface area contributed by atoms with Crippen LogP contribution in [0.3, 0.4) is 0 Å². The fourth-order valence-electron chi connectivity index (χ4n) is 2.20. The predicted molar refractivity (Wildman–Crippen MR) is 70.4 cm³/mol. The molecule has 1 aromatic rings. The third kappa shape index (κ3) is 2.28. The van der Waals surface area contributed by atoms with Gasteiger partial charge in [-0.25, -0.2) is 0 Å². The molecule has 92 valence electrons. The van der Waals surface area contributed by atoms with E-state index in [1.54, 1.807) is 0 Å². The number of fused-ring (bicyclic) bond motifs is 1. The van der Waals surface area contributed by atoms with Crippen LogP contribution < -0.4 is 10.6 Å². The highest BCUT2D eigenvalue weighted by Gasteiger charge is 2.24. The maximum absolute atomic E-state index is 12.1. The van der Waals surface area contributed by atoms with Crippen molar-refractivity contribution in [3.05, 3.63) is 29.3 Å². The summed E-state index contributed by atoms with van der Waals surface area (Å²) in [5.41, 5.74) is 2.99. The van der Waals surface area contributed by atoms with Gasteiger partial charge in [-0.05, 0) is 24.0 Å². The minimum absolute atomic E-state index is 0.0407. The van der Waals surface area contributed by atoms with Gasteiger partial charge < -0.3 is 10.6 Å². The Balaban J connectivity index is 2.37. The first-order valence-electron chi connectivity index (χ1n) is 6.30. The number of hydrogen-bond acceptors (Lipinski definition) is 2. The van der Waals surface area contributed by atoms with E-state index in [1.165, 1.54) is 5.56 Å². The van der Waals surface area contributed by atoms with Crippen molar-refractivity contribution in [1.29, 1.82) is 0 Å². The molecule has 0 fully saturated rings. The van der Waals surface area contributed by atoms with Gasteiger partial charge in [-0.3, -0.25) is 4.79 Å². The zero-order chi connectivity index (χ0) is 12.4. The zero-order valence-corrected chi connectivity index (χ0v) is 10.7.